The summed E-state index contributed by atoms with van der Waals surface area (Å²) in [5.74, 6) is 0.468. The van der Waals surface area contributed by atoms with E-state index in [0.29, 0.717) is 22.5 Å². The predicted octanol–water partition coefficient (Wildman–Crippen LogP) is 5.92. The Labute approximate surface area is 191 Å². The highest BCUT2D eigenvalue weighted by atomic mass is 16.5. The Morgan fingerprint density at radius 1 is 0.909 bits per heavy atom. The maximum absolute atomic E-state index is 12.9. The number of aromatic nitrogens is 3. The average Bonchev–Trinajstić information content (AvgIpc) is 3.21. The van der Waals surface area contributed by atoms with Gasteiger partial charge in [0.2, 0.25) is 0 Å². The lowest BCUT2D eigenvalue weighted by Gasteiger charge is -2.12. The third-order valence-corrected chi connectivity index (χ3v) is 5.42. The Kier molecular flexibility index (Phi) is 5.26. The normalized spacial score (nSPS) is 11.3. The van der Waals surface area contributed by atoms with Gasteiger partial charge in [0, 0.05) is 16.6 Å². The summed E-state index contributed by atoms with van der Waals surface area (Å²) in [7, 11) is 0. The number of ether oxygens (including phenoxy) is 1. The molecule has 33 heavy (non-hydrogen) atoms. The number of amides is 1. The zero-order valence-electron chi connectivity index (χ0n) is 18.7. The molecule has 6 heteroatoms. The average molecular weight is 437 g/mol. The Morgan fingerprint density at radius 2 is 1.64 bits per heavy atom. The SMILES string of the molecule is Cc1cc2nn(-c3cccc4ccccc34)nc2cc1NC(=O)c1cccc(OC(C)C)c1. The lowest BCUT2D eigenvalue weighted by molar-refractivity contribution is 0.102. The summed E-state index contributed by atoms with van der Waals surface area (Å²) in [6, 6.07) is 25.2. The van der Waals surface area contributed by atoms with E-state index in [4.69, 9.17) is 9.84 Å². The molecule has 0 bridgehead atoms. The lowest BCUT2D eigenvalue weighted by atomic mass is 10.1. The summed E-state index contributed by atoms with van der Waals surface area (Å²) in [6.45, 7) is 5.86. The topological polar surface area (TPSA) is 69.0 Å². The van der Waals surface area contributed by atoms with Crippen LogP contribution in [-0.4, -0.2) is 27.0 Å². The number of benzene rings is 4. The van der Waals surface area contributed by atoms with Crippen LogP contribution in [0.5, 0.6) is 5.75 Å². The molecule has 0 atom stereocenters. The summed E-state index contributed by atoms with van der Waals surface area (Å²) in [5, 5.41) is 14.6. The van der Waals surface area contributed by atoms with Gasteiger partial charge in [-0.1, -0.05) is 42.5 Å². The third-order valence-electron chi connectivity index (χ3n) is 5.42. The monoisotopic (exact) mass is 436 g/mol. The molecule has 0 aliphatic rings. The molecule has 1 N–H and O–H groups in total. The number of fused-ring (bicyclic) bond motifs is 2. The lowest BCUT2D eigenvalue weighted by Crippen LogP contribution is -2.13. The van der Waals surface area contributed by atoms with Crippen LogP contribution in [0.3, 0.4) is 0 Å². The van der Waals surface area contributed by atoms with Gasteiger partial charge in [-0.25, -0.2) is 0 Å². The van der Waals surface area contributed by atoms with E-state index in [9.17, 15) is 4.79 Å². The fourth-order valence-corrected chi connectivity index (χ4v) is 3.87. The van der Waals surface area contributed by atoms with E-state index in [1.807, 2.05) is 69.3 Å². The van der Waals surface area contributed by atoms with E-state index in [1.54, 1.807) is 16.9 Å². The molecule has 1 aromatic heterocycles. The Bertz CT molecular complexity index is 1480. The highest BCUT2D eigenvalue weighted by Gasteiger charge is 2.13. The number of hydrogen-bond acceptors (Lipinski definition) is 4. The fourth-order valence-electron chi connectivity index (χ4n) is 3.87. The number of nitrogens with one attached hydrogen (secondary N) is 1. The minimum absolute atomic E-state index is 0.0392. The van der Waals surface area contributed by atoms with Crippen molar-refractivity contribution in [2.45, 2.75) is 26.9 Å². The summed E-state index contributed by atoms with van der Waals surface area (Å²) in [4.78, 5) is 14.6. The van der Waals surface area contributed by atoms with Crippen molar-refractivity contribution in [2.75, 3.05) is 5.32 Å². The van der Waals surface area contributed by atoms with Gasteiger partial charge in [-0.2, -0.15) is 0 Å². The van der Waals surface area contributed by atoms with Gasteiger partial charge in [-0.05, 0) is 68.1 Å². The molecule has 1 heterocycles. The molecule has 0 radical (unpaired) electrons. The minimum atomic E-state index is -0.201. The molecule has 5 aromatic rings. The van der Waals surface area contributed by atoms with E-state index in [2.05, 4.69) is 28.6 Å². The van der Waals surface area contributed by atoms with Crippen molar-refractivity contribution in [1.29, 1.82) is 0 Å². The molecule has 164 valence electrons. The van der Waals surface area contributed by atoms with Gasteiger partial charge in [-0.15, -0.1) is 15.0 Å². The summed E-state index contributed by atoms with van der Waals surface area (Å²) < 4.78 is 5.71. The van der Waals surface area contributed by atoms with Crippen molar-refractivity contribution in [1.82, 2.24) is 15.0 Å². The maximum Gasteiger partial charge on any atom is 0.255 e. The second kappa shape index (κ2) is 8.39. The van der Waals surface area contributed by atoms with Crippen molar-refractivity contribution < 1.29 is 9.53 Å². The molecule has 0 saturated carbocycles. The molecule has 0 fully saturated rings. The van der Waals surface area contributed by atoms with Gasteiger partial charge < -0.3 is 10.1 Å². The van der Waals surface area contributed by atoms with Crippen molar-refractivity contribution in [2.24, 2.45) is 0 Å². The van der Waals surface area contributed by atoms with Gasteiger partial charge >= 0.3 is 0 Å². The quantitative estimate of drug-likeness (QED) is 0.371. The Balaban J connectivity index is 1.47. The van der Waals surface area contributed by atoms with Gasteiger partial charge in [-0.3, -0.25) is 4.79 Å². The van der Waals surface area contributed by atoms with Crippen LogP contribution >= 0.6 is 0 Å². The van der Waals surface area contributed by atoms with Crippen molar-refractivity contribution in [3.8, 4) is 11.4 Å². The van der Waals surface area contributed by atoms with Crippen LogP contribution in [0.2, 0.25) is 0 Å². The highest BCUT2D eigenvalue weighted by molar-refractivity contribution is 6.05. The summed E-state index contributed by atoms with van der Waals surface area (Å²) >= 11 is 0. The van der Waals surface area contributed by atoms with Crippen LogP contribution in [0.15, 0.2) is 78.9 Å². The van der Waals surface area contributed by atoms with Crippen LogP contribution in [0.1, 0.15) is 29.8 Å². The number of nitrogens with zero attached hydrogens (tertiary/aromatic N) is 3. The zero-order valence-corrected chi connectivity index (χ0v) is 18.7. The molecule has 0 aliphatic carbocycles. The minimum Gasteiger partial charge on any atom is -0.491 e. The Morgan fingerprint density at radius 3 is 2.45 bits per heavy atom. The molecule has 0 unspecified atom stereocenters. The smallest absolute Gasteiger partial charge is 0.255 e. The second-order valence-corrected chi connectivity index (χ2v) is 8.29. The molecular formula is C27H24N4O2. The number of carbonyl (C=O) groups is 1. The first-order chi connectivity index (χ1) is 16.0. The first-order valence-corrected chi connectivity index (χ1v) is 10.9. The van der Waals surface area contributed by atoms with Crippen LogP contribution in [0.4, 0.5) is 5.69 Å². The molecule has 0 aliphatic heterocycles. The standard InChI is InChI=1S/C27H24N4O2/c1-17(2)33-21-11-6-10-20(15-21)27(32)28-23-16-25-24(14-18(23)3)29-31(30-25)26-13-7-9-19-8-4-5-12-22(19)26/h4-17H,1-3H3,(H,28,32). The number of anilines is 1. The number of rotatable bonds is 5. The first kappa shape index (κ1) is 20.7. The van der Waals surface area contributed by atoms with E-state index in [-0.39, 0.29) is 12.0 Å². The zero-order chi connectivity index (χ0) is 22.9. The van der Waals surface area contributed by atoms with Crippen molar-refractivity contribution in [3.63, 3.8) is 0 Å². The molecule has 0 spiro atoms. The second-order valence-electron chi connectivity index (χ2n) is 8.29. The number of hydrogen-bond donors (Lipinski definition) is 1. The fraction of sp³-hybridized carbons (Fsp3) is 0.148. The van der Waals surface area contributed by atoms with E-state index in [1.165, 1.54) is 0 Å². The van der Waals surface area contributed by atoms with Crippen LogP contribution in [-0.2, 0) is 0 Å². The molecule has 6 nitrogen and oxygen atoms in total. The predicted molar refractivity (Wildman–Crippen MR) is 131 cm³/mol. The number of aryl methyl sites for hydroxylation is 1. The van der Waals surface area contributed by atoms with Gasteiger partial charge in [0.15, 0.2) is 0 Å². The molecule has 0 saturated heterocycles. The summed E-state index contributed by atoms with van der Waals surface area (Å²) in [6.07, 6.45) is 0.0392. The van der Waals surface area contributed by atoms with Crippen molar-refractivity contribution in [3.05, 3.63) is 90.0 Å². The molecule has 5 rings (SSSR count). The summed E-state index contributed by atoms with van der Waals surface area (Å²) in [5.41, 5.74) is 4.54. The third kappa shape index (κ3) is 4.15. The van der Waals surface area contributed by atoms with Crippen LogP contribution in [0.25, 0.3) is 27.5 Å². The molecule has 1 amide bonds. The van der Waals surface area contributed by atoms with Gasteiger partial charge in [0.05, 0.1) is 11.8 Å². The van der Waals surface area contributed by atoms with E-state index < -0.39 is 0 Å². The Hall–Kier alpha value is -4.19. The first-order valence-electron chi connectivity index (χ1n) is 10.9. The largest absolute Gasteiger partial charge is 0.491 e. The van der Waals surface area contributed by atoms with E-state index >= 15 is 0 Å². The number of carbonyl (C=O) groups excluding carboxylic acids is 1. The van der Waals surface area contributed by atoms with Gasteiger partial charge in [0.25, 0.3) is 5.91 Å². The molecule has 4 aromatic carbocycles. The van der Waals surface area contributed by atoms with Gasteiger partial charge in [0.1, 0.15) is 16.8 Å². The molecular weight excluding hydrogens is 412 g/mol. The van der Waals surface area contributed by atoms with Crippen molar-refractivity contribution >= 4 is 33.4 Å². The van der Waals surface area contributed by atoms with E-state index in [0.717, 1.165) is 27.5 Å². The van der Waals surface area contributed by atoms with Crippen LogP contribution in [0, 0.1) is 6.92 Å². The highest BCUT2D eigenvalue weighted by Crippen LogP contribution is 2.26. The maximum atomic E-state index is 12.9. The van der Waals surface area contributed by atoms with Crippen LogP contribution < -0.4 is 10.1 Å².